The quantitative estimate of drug-likeness (QED) is 0.808. The van der Waals surface area contributed by atoms with E-state index in [-0.39, 0.29) is 0 Å². The van der Waals surface area contributed by atoms with Gasteiger partial charge in [0.2, 0.25) is 0 Å². The van der Waals surface area contributed by atoms with Gasteiger partial charge >= 0.3 is 0 Å². The molecule has 0 N–H and O–H groups in total. The van der Waals surface area contributed by atoms with Crippen molar-refractivity contribution in [3.8, 4) is 11.1 Å². The maximum atomic E-state index is 13.3. The summed E-state index contributed by atoms with van der Waals surface area (Å²) in [6.07, 6.45) is 5.37. The molecule has 98 valence electrons. The highest BCUT2D eigenvalue weighted by atomic mass is 32.2. The second kappa shape index (κ2) is 5.29. The summed E-state index contributed by atoms with van der Waals surface area (Å²) in [5.41, 5.74) is 1.35. The van der Waals surface area contributed by atoms with Gasteiger partial charge in [-0.05, 0) is 36.6 Å². The molecule has 1 saturated carbocycles. The first kappa shape index (κ1) is 12.6. The van der Waals surface area contributed by atoms with Crippen molar-refractivity contribution in [1.82, 2.24) is 4.98 Å². The summed E-state index contributed by atoms with van der Waals surface area (Å²) in [7, 11) is 0. The molecule has 0 spiro atoms. The topological polar surface area (TPSA) is 12.9 Å². The van der Waals surface area contributed by atoms with E-state index < -0.39 is 11.6 Å². The minimum Gasteiger partial charge on any atom is -0.249 e. The SMILES string of the molecule is Fc1cc(F)cc(-c2cccnc2SC2CCC2)c1. The van der Waals surface area contributed by atoms with Crippen LogP contribution in [0.15, 0.2) is 41.6 Å². The van der Waals surface area contributed by atoms with Crippen molar-refractivity contribution in [3.05, 3.63) is 48.2 Å². The molecule has 1 nitrogen and oxygen atoms in total. The summed E-state index contributed by atoms with van der Waals surface area (Å²) in [5, 5.41) is 1.45. The van der Waals surface area contributed by atoms with Gasteiger partial charge in [0.25, 0.3) is 0 Å². The van der Waals surface area contributed by atoms with Crippen molar-refractivity contribution in [2.45, 2.75) is 29.5 Å². The molecule has 0 unspecified atom stereocenters. The zero-order valence-corrected chi connectivity index (χ0v) is 11.1. The van der Waals surface area contributed by atoms with Crippen LogP contribution in [0.25, 0.3) is 11.1 Å². The average Bonchev–Trinajstić information content (AvgIpc) is 2.33. The number of rotatable bonds is 3. The fourth-order valence-corrected chi connectivity index (χ4v) is 3.38. The number of halogens is 2. The summed E-state index contributed by atoms with van der Waals surface area (Å²) in [5.74, 6) is -1.11. The van der Waals surface area contributed by atoms with Crippen LogP contribution in [-0.4, -0.2) is 10.2 Å². The Balaban J connectivity index is 1.98. The number of aromatic nitrogens is 1. The number of hydrogen-bond acceptors (Lipinski definition) is 2. The Morgan fingerprint density at radius 2 is 1.84 bits per heavy atom. The Bertz CT molecular complexity index is 576. The molecule has 1 fully saturated rings. The van der Waals surface area contributed by atoms with Crippen LogP contribution in [0.3, 0.4) is 0 Å². The van der Waals surface area contributed by atoms with Gasteiger partial charge in [-0.3, -0.25) is 0 Å². The van der Waals surface area contributed by atoms with Crippen LogP contribution in [0.4, 0.5) is 8.78 Å². The third kappa shape index (κ3) is 2.78. The number of thioether (sulfide) groups is 1. The molecule has 0 saturated heterocycles. The lowest BCUT2D eigenvalue weighted by molar-refractivity contribution is 0.521. The molecular weight excluding hydrogens is 264 g/mol. The van der Waals surface area contributed by atoms with Crippen LogP contribution in [0.5, 0.6) is 0 Å². The first-order valence-electron chi connectivity index (χ1n) is 6.30. The summed E-state index contributed by atoms with van der Waals surface area (Å²) in [6.45, 7) is 0. The van der Waals surface area contributed by atoms with Crippen molar-refractivity contribution in [2.75, 3.05) is 0 Å². The fourth-order valence-electron chi connectivity index (χ4n) is 2.06. The van der Waals surface area contributed by atoms with Gasteiger partial charge in [0.15, 0.2) is 0 Å². The van der Waals surface area contributed by atoms with Crippen LogP contribution >= 0.6 is 11.8 Å². The second-order valence-electron chi connectivity index (χ2n) is 4.69. The van der Waals surface area contributed by atoms with E-state index in [9.17, 15) is 8.78 Å². The third-order valence-electron chi connectivity index (χ3n) is 3.28. The van der Waals surface area contributed by atoms with Crippen LogP contribution in [-0.2, 0) is 0 Å². The normalized spacial score (nSPS) is 15.3. The van der Waals surface area contributed by atoms with Crippen LogP contribution in [0.2, 0.25) is 0 Å². The van der Waals surface area contributed by atoms with Crippen molar-refractivity contribution in [2.24, 2.45) is 0 Å². The smallest absolute Gasteiger partial charge is 0.126 e. The van der Waals surface area contributed by atoms with E-state index in [1.165, 1.54) is 31.4 Å². The number of nitrogens with zero attached hydrogens (tertiary/aromatic N) is 1. The third-order valence-corrected chi connectivity index (χ3v) is 4.63. The highest BCUT2D eigenvalue weighted by molar-refractivity contribution is 8.00. The summed E-state index contributed by atoms with van der Waals surface area (Å²) < 4.78 is 26.6. The number of pyridine rings is 1. The molecule has 4 heteroatoms. The first-order chi connectivity index (χ1) is 9.22. The molecule has 0 radical (unpaired) electrons. The van der Waals surface area contributed by atoms with E-state index in [1.54, 1.807) is 24.0 Å². The van der Waals surface area contributed by atoms with Gasteiger partial charge in [-0.15, -0.1) is 11.8 Å². The standard InChI is InChI=1S/C15H13F2NS/c16-11-7-10(8-12(17)9-11)14-5-2-6-18-15(14)19-13-3-1-4-13/h2,5-9,13H,1,3-4H2. The van der Waals surface area contributed by atoms with Gasteiger partial charge in [0.1, 0.15) is 16.7 Å². The van der Waals surface area contributed by atoms with Gasteiger partial charge in [-0.2, -0.15) is 0 Å². The Morgan fingerprint density at radius 1 is 1.11 bits per heavy atom. The van der Waals surface area contributed by atoms with Crippen molar-refractivity contribution < 1.29 is 8.78 Å². The van der Waals surface area contributed by atoms with Crippen molar-refractivity contribution in [3.63, 3.8) is 0 Å². The van der Waals surface area contributed by atoms with Gasteiger partial charge in [0, 0.05) is 23.1 Å². The monoisotopic (exact) mass is 277 g/mol. The molecule has 3 rings (SSSR count). The van der Waals surface area contributed by atoms with Gasteiger partial charge in [-0.1, -0.05) is 12.5 Å². The molecular formula is C15H13F2NS. The second-order valence-corrected chi connectivity index (χ2v) is 5.97. The molecule has 0 atom stereocenters. The molecule has 0 amide bonds. The predicted octanol–water partition coefficient (Wildman–Crippen LogP) is 4.67. The molecule has 1 heterocycles. The van der Waals surface area contributed by atoms with Gasteiger partial charge in [0.05, 0.1) is 0 Å². The summed E-state index contributed by atoms with van der Waals surface area (Å²) in [6, 6.07) is 7.25. The Hall–Kier alpha value is -1.42. The molecule has 1 aliphatic carbocycles. The highest BCUT2D eigenvalue weighted by Gasteiger charge is 2.21. The lowest BCUT2D eigenvalue weighted by Crippen LogP contribution is -2.13. The zero-order valence-electron chi connectivity index (χ0n) is 10.3. The maximum Gasteiger partial charge on any atom is 0.126 e. The lowest BCUT2D eigenvalue weighted by atomic mass is 10.00. The lowest BCUT2D eigenvalue weighted by Gasteiger charge is -2.24. The predicted molar refractivity (Wildman–Crippen MR) is 73.1 cm³/mol. The average molecular weight is 277 g/mol. The minimum absolute atomic E-state index is 0.549. The van der Waals surface area contributed by atoms with Crippen LogP contribution < -0.4 is 0 Å². The molecule has 1 aliphatic rings. The van der Waals surface area contributed by atoms with E-state index >= 15 is 0 Å². The first-order valence-corrected chi connectivity index (χ1v) is 7.18. The number of hydrogen-bond donors (Lipinski definition) is 0. The number of benzene rings is 1. The molecule has 19 heavy (non-hydrogen) atoms. The summed E-state index contributed by atoms with van der Waals surface area (Å²) in [4.78, 5) is 4.35. The maximum absolute atomic E-state index is 13.3. The van der Waals surface area contributed by atoms with E-state index in [0.29, 0.717) is 10.8 Å². The van der Waals surface area contributed by atoms with Gasteiger partial charge < -0.3 is 0 Å². The Labute approximate surface area is 115 Å². The largest absolute Gasteiger partial charge is 0.249 e. The zero-order chi connectivity index (χ0) is 13.2. The summed E-state index contributed by atoms with van der Waals surface area (Å²) >= 11 is 1.71. The van der Waals surface area contributed by atoms with E-state index in [4.69, 9.17) is 0 Å². The Kier molecular flexibility index (Phi) is 3.51. The fraction of sp³-hybridized carbons (Fsp3) is 0.267. The molecule has 1 aromatic carbocycles. The molecule has 0 aliphatic heterocycles. The molecule has 2 aromatic rings. The molecule has 1 aromatic heterocycles. The minimum atomic E-state index is -0.557. The van der Waals surface area contributed by atoms with Crippen LogP contribution in [0, 0.1) is 11.6 Å². The van der Waals surface area contributed by atoms with E-state index in [1.807, 2.05) is 6.07 Å². The van der Waals surface area contributed by atoms with Crippen LogP contribution in [0.1, 0.15) is 19.3 Å². The molecule has 0 bridgehead atoms. The van der Waals surface area contributed by atoms with E-state index in [0.717, 1.165) is 16.7 Å². The Morgan fingerprint density at radius 3 is 2.47 bits per heavy atom. The van der Waals surface area contributed by atoms with Crippen molar-refractivity contribution >= 4 is 11.8 Å². The highest BCUT2D eigenvalue weighted by Crippen LogP contribution is 2.39. The van der Waals surface area contributed by atoms with E-state index in [2.05, 4.69) is 4.98 Å². The van der Waals surface area contributed by atoms with Crippen molar-refractivity contribution in [1.29, 1.82) is 0 Å². The van der Waals surface area contributed by atoms with Gasteiger partial charge in [-0.25, -0.2) is 13.8 Å².